The van der Waals surface area contributed by atoms with Gasteiger partial charge in [0, 0.05) is 29.3 Å². The second-order valence-electron chi connectivity index (χ2n) is 6.44. The lowest BCUT2D eigenvalue weighted by Crippen LogP contribution is -2.46. The van der Waals surface area contributed by atoms with Gasteiger partial charge < -0.3 is 10.2 Å². The molecule has 4 rings (SSSR count). The van der Waals surface area contributed by atoms with E-state index >= 15 is 0 Å². The zero-order valence-corrected chi connectivity index (χ0v) is 16.4. The van der Waals surface area contributed by atoms with Crippen LogP contribution in [0.4, 0.5) is 13.2 Å². The van der Waals surface area contributed by atoms with Crippen molar-refractivity contribution >= 4 is 39.1 Å². The minimum Gasteiger partial charge on any atom is -0.342 e. The van der Waals surface area contributed by atoms with Crippen molar-refractivity contribution in [3.05, 3.63) is 52.3 Å². The van der Waals surface area contributed by atoms with Gasteiger partial charge in [0.15, 0.2) is 10.7 Å². The maximum absolute atomic E-state index is 12.8. The van der Waals surface area contributed by atoms with Crippen LogP contribution in [0.15, 0.2) is 46.1 Å². The number of aromatic nitrogens is 2. The van der Waals surface area contributed by atoms with E-state index in [1.807, 2.05) is 29.2 Å². The summed E-state index contributed by atoms with van der Waals surface area (Å²) < 4.78 is 40.1. The molecule has 2 aliphatic rings. The first-order chi connectivity index (χ1) is 12.8. The SMILES string of the molecule is FC(F)(F)Cn1cc(C2(c3cccc(Br)c3)NC(=S)N3CCCN=C32)cn1. The van der Waals surface area contributed by atoms with E-state index in [1.54, 1.807) is 0 Å². The first-order valence-corrected chi connectivity index (χ1v) is 9.50. The molecular formula is C17H15BrF3N5S. The second-order valence-corrected chi connectivity index (χ2v) is 7.75. The van der Waals surface area contributed by atoms with Crippen LogP contribution in [0.2, 0.25) is 0 Å². The Bertz CT molecular complexity index is 925. The number of halogens is 4. The molecule has 0 spiro atoms. The van der Waals surface area contributed by atoms with Gasteiger partial charge in [0.1, 0.15) is 12.4 Å². The highest BCUT2D eigenvalue weighted by Crippen LogP contribution is 2.39. The zero-order chi connectivity index (χ0) is 19.2. The van der Waals surface area contributed by atoms with Gasteiger partial charge in [-0.15, -0.1) is 0 Å². The Morgan fingerprint density at radius 2 is 2.11 bits per heavy atom. The van der Waals surface area contributed by atoms with Crippen molar-refractivity contribution < 1.29 is 13.2 Å². The van der Waals surface area contributed by atoms with E-state index in [4.69, 9.17) is 12.2 Å². The van der Waals surface area contributed by atoms with E-state index in [0.29, 0.717) is 23.1 Å². The van der Waals surface area contributed by atoms with Crippen LogP contribution in [0.3, 0.4) is 0 Å². The third-order valence-corrected chi connectivity index (χ3v) is 5.41. The minimum absolute atomic E-state index is 0.511. The van der Waals surface area contributed by atoms with Crippen LogP contribution < -0.4 is 5.32 Å². The Morgan fingerprint density at radius 3 is 2.85 bits per heavy atom. The second kappa shape index (κ2) is 6.59. The summed E-state index contributed by atoms with van der Waals surface area (Å²) in [5.41, 5.74) is 0.426. The molecule has 2 aliphatic heterocycles. The topological polar surface area (TPSA) is 45.5 Å². The smallest absolute Gasteiger partial charge is 0.342 e. The Balaban J connectivity index is 1.88. The summed E-state index contributed by atoms with van der Waals surface area (Å²) in [6.45, 7) is 0.210. The summed E-state index contributed by atoms with van der Waals surface area (Å²) >= 11 is 8.98. The van der Waals surface area contributed by atoms with Gasteiger partial charge in [0.05, 0.1) is 6.20 Å². The summed E-state index contributed by atoms with van der Waals surface area (Å²) in [6.07, 6.45) is -0.625. The van der Waals surface area contributed by atoms with Crippen LogP contribution in [0.1, 0.15) is 17.5 Å². The average Bonchev–Trinajstić information content (AvgIpc) is 3.17. The van der Waals surface area contributed by atoms with Crippen LogP contribution in [0, 0.1) is 0 Å². The number of hydrogen-bond acceptors (Lipinski definition) is 3. The Labute approximate surface area is 167 Å². The van der Waals surface area contributed by atoms with E-state index in [0.717, 1.165) is 27.7 Å². The highest BCUT2D eigenvalue weighted by atomic mass is 79.9. The molecule has 142 valence electrons. The molecule has 5 nitrogen and oxygen atoms in total. The fraction of sp³-hybridized carbons (Fsp3) is 0.353. The molecule has 1 unspecified atom stereocenters. The van der Waals surface area contributed by atoms with Crippen molar-refractivity contribution in [3.63, 3.8) is 0 Å². The summed E-state index contributed by atoms with van der Waals surface area (Å²) in [5, 5.41) is 7.76. The standard InChI is InChI=1S/C17H15BrF3N5S/c18-13-4-1-3-11(7-13)17(12-8-23-25(9-12)10-16(19,20)21)14-22-5-2-6-26(14)15(27)24-17/h1,3-4,7-9H,2,5-6,10H2,(H,24,27). The van der Waals surface area contributed by atoms with Crippen molar-refractivity contribution in [1.29, 1.82) is 0 Å². The molecular weight excluding hydrogens is 443 g/mol. The van der Waals surface area contributed by atoms with Gasteiger partial charge in [0.2, 0.25) is 0 Å². The Morgan fingerprint density at radius 1 is 1.30 bits per heavy atom. The van der Waals surface area contributed by atoms with E-state index < -0.39 is 18.3 Å². The molecule has 1 aromatic carbocycles. The third kappa shape index (κ3) is 3.25. The molecule has 1 N–H and O–H groups in total. The van der Waals surface area contributed by atoms with Gasteiger partial charge >= 0.3 is 6.18 Å². The molecule has 1 atom stereocenters. The van der Waals surface area contributed by atoms with E-state index in [2.05, 4.69) is 31.3 Å². The molecule has 2 aromatic rings. The summed E-state index contributed by atoms with van der Waals surface area (Å²) in [6, 6.07) is 7.58. The van der Waals surface area contributed by atoms with E-state index in [-0.39, 0.29) is 0 Å². The Hall–Kier alpha value is -1.94. The lowest BCUT2D eigenvalue weighted by molar-refractivity contribution is -0.142. The van der Waals surface area contributed by atoms with Crippen LogP contribution >= 0.6 is 28.1 Å². The molecule has 0 saturated carbocycles. The molecule has 0 amide bonds. The number of nitrogens with zero attached hydrogens (tertiary/aromatic N) is 4. The molecule has 1 saturated heterocycles. The number of hydrogen-bond donors (Lipinski definition) is 1. The quantitative estimate of drug-likeness (QED) is 0.717. The van der Waals surface area contributed by atoms with Gasteiger partial charge in [-0.25, -0.2) is 0 Å². The van der Waals surface area contributed by atoms with Crippen LogP contribution in [-0.4, -0.2) is 44.9 Å². The minimum atomic E-state index is -4.35. The van der Waals surface area contributed by atoms with E-state index in [1.165, 1.54) is 12.4 Å². The maximum Gasteiger partial charge on any atom is 0.408 e. The number of fused-ring (bicyclic) bond motifs is 1. The zero-order valence-electron chi connectivity index (χ0n) is 14.0. The molecule has 0 bridgehead atoms. The number of nitrogens with one attached hydrogen (secondary N) is 1. The lowest BCUT2D eigenvalue weighted by Gasteiger charge is -2.32. The fourth-order valence-corrected chi connectivity index (χ4v) is 4.26. The van der Waals surface area contributed by atoms with Crippen molar-refractivity contribution in [2.45, 2.75) is 24.7 Å². The van der Waals surface area contributed by atoms with Gasteiger partial charge in [-0.3, -0.25) is 9.67 Å². The largest absolute Gasteiger partial charge is 0.408 e. The van der Waals surface area contributed by atoms with Gasteiger partial charge in [-0.1, -0.05) is 28.1 Å². The van der Waals surface area contributed by atoms with Gasteiger partial charge in [-0.2, -0.15) is 18.3 Å². The van der Waals surface area contributed by atoms with Crippen molar-refractivity contribution in [3.8, 4) is 0 Å². The predicted octanol–water partition coefficient (Wildman–Crippen LogP) is 3.44. The molecule has 27 heavy (non-hydrogen) atoms. The summed E-state index contributed by atoms with van der Waals surface area (Å²) in [4.78, 5) is 6.60. The average molecular weight is 458 g/mol. The third-order valence-electron chi connectivity index (χ3n) is 4.60. The predicted molar refractivity (Wildman–Crippen MR) is 103 cm³/mol. The molecule has 0 radical (unpaired) electrons. The summed E-state index contributed by atoms with van der Waals surface area (Å²) in [7, 11) is 0. The molecule has 1 fully saturated rings. The monoisotopic (exact) mass is 457 g/mol. The molecule has 1 aromatic heterocycles. The van der Waals surface area contributed by atoms with Crippen LogP contribution in [0.5, 0.6) is 0 Å². The maximum atomic E-state index is 12.8. The van der Waals surface area contributed by atoms with Gasteiger partial charge in [-0.05, 0) is 36.3 Å². The molecule has 3 heterocycles. The normalized spacial score (nSPS) is 22.4. The van der Waals surface area contributed by atoms with Crippen molar-refractivity contribution in [1.82, 2.24) is 20.0 Å². The number of alkyl halides is 3. The lowest BCUT2D eigenvalue weighted by atomic mass is 9.83. The van der Waals surface area contributed by atoms with Crippen molar-refractivity contribution in [2.75, 3.05) is 13.1 Å². The highest BCUT2D eigenvalue weighted by Gasteiger charge is 2.51. The van der Waals surface area contributed by atoms with Crippen LogP contribution in [-0.2, 0) is 12.1 Å². The number of benzene rings is 1. The Kier molecular flexibility index (Phi) is 4.50. The number of rotatable bonds is 3. The van der Waals surface area contributed by atoms with Crippen LogP contribution in [0.25, 0.3) is 0 Å². The molecule has 10 heteroatoms. The fourth-order valence-electron chi connectivity index (χ4n) is 3.53. The number of amidine groups is 1. The van der Waals surface area contributed by atoms with Gasteiger partial charge in [0.25, 0.3) is 0 Å². The number of aliphatic imine (C=N–C) groups is 1. The van der Waals surface area contributed by atoms with Crippen molar-refractivity contribution in [2.24, 2.45) is 4.99 Å². The highest BCUT2D eigenvalue weighted by molar-refractivity contribution is 9.10. The molecule has 0 aliphatic carbocycles. The first kappa shape index (κ1) is 18.4. The van der Waals surface area contributed by atoms with E-state index in [9.17, 15) is 13.2 Å². The number of thiocarbonyl (C=S) groups is 1. The first-order valence-electron chi connectivity index (χ1n) is 8.30. The summed E-state index contributed by atoms with van der Waals surface area (Å²) in [5.74, 6) is 0.698.